The van der Waals surface area contributed by atoms with Crippen LogP contribution in [0.3, 0.4) is 0 Å². The number of piperidine rings is 3. The maximum absolute atomic E-state index is 15.6. The average Bonchev–Trinajstić information content (AvgIpc) is 3.31. The smallest absolute Gasteiger partial charge is 0.229 e. The number of nitrogens with two attached hydrogens (primary N) is 1. The number of hydrogen-bond acceptors (Lipinski definition) is 9. The van der Waals surface area contributed by atoms with Gasteiger partial charge < -0.3 is 26.2 Å². The van der Waals surface area contributed by atoms with Crippen LogP contribution in [-0.2, 0) is 9.59 Å². The fraction of sp³-hybridized carbons (Fsp3) is 0.938. The van der Waals surface area contributed by atoms with Gasteiger partial charge in [0.25, 0.3) is 0 Å². The predicted molar refractivity (Wildman–Crippen MR) is 167 cm³/mol. The number of halogens is 2. The van der Waals surface area contributed by atoms with Crippen LogP contribution >= 0.6 is 0 Å². The molecule has 0 radical (unpaired) electrons. The molecule has 0 aromatic rings. The number of nitrogens with one attached hydrogen (secondary N) is 4. The first-order chi connectivity index (χ1) is 21.9. The summed E-state index contributed by atoms with van der Waals surface area (Å²) < 4.78 is 31.1. The van der Waals surface area contributed by atoms with Gasteiger partial charge in [-0.05, 0) is 57.5 Å². The van der Waals surface area contributed by atoms with E-state index >= 15 is 8.78 Å². The van der Waals surface area contributed by atoms with Gasteiger partial charge in [0.1, 0.15) is 12.3 Å². The molecule has 45 heavy (non-hydrogen) atoms. The van der Waals surface area contributed by atoms with Gasteiger partial charge in [-0.1, -0.05) is 25.7 Å². The standard InChI is InChI=1S/C32H55F2N9O2/c33-23-17-36-19-25(28(23)41-13-7-21(8-14-41)32(45)42-16-15-40-11-9-22(42)10-12-40)38-31(44)26-29(35)39-43-27(24(34)18-37-30(26)43)20-5-3-1-2-4-6-20/h20-30,36-37,39H,1-19,35H2,(H,38,44). The maximum atomic E-state index is 15.6. The van der Waals surface area contributed by atoms with Gasteiger partial charge in [-0.15, -0.1) is 0 Å². The minimum absolute atomic E-state index is 0.0205. The van der Waals surface area contributed by atoms with Crippen LogP contribution in [0.5, 0.6) is 0 Å². The quantitative estimate of drug-likeness (QED) is 0.269. The molecule has 254 valence electrons. The van der Waals surface area contributed by atoms with E-state index in [-0.39, 0.29) is 42.8 Å². The van der Waals surface area contributed by atoms with Gasteiger partial charge in [-0.3, -0.25) is 19.8 Å². The van der Waals surface area contributed by atoms with Crippen LogP contribution in [0.25, 0.3) is 0 Å². The van der Waals surface area contributed by atoms with Crippen molar-refractivity contribution in [2.45, 2.75) is 113 Å². The Balaban J connectivity index is 0.983. The Morgan fingerprint density at radius 2 is 1.49 bits per heavy atom. The van der Waals surface area contributed by atoms with E-state index in [1.807, 2.05) is 5.01 Å². The molecule has 7 aliphatic heterocycles. The molecule has 1 aliphatic carbocycles. The minimum Gasteiger partial charge on any atom is -0.350 e. The van der Waals surface area contributed by atoms with Crippen molar-refractivity contribution in [1.29, 1.82) is 0 Å². The summed E-state index contributed by atoms with van der Waals surface area (Å²) in [5.74, 6) is -0.368. The number of hydrogen-bond donors (Lipinski definition) is 5. The molecule has 8 aliphatic rings. The van der Waals surface area contributed by atoms with Crippen molar-refractivity contribution in [3.05, 3.63) is 0 Å². The van der Waals surface area contributed by atoms with Crippen molar-refractivity contribution in [2.75, 3.05) is 58.9 Å². The van der Waals surface area contributed by atoms with Gasteiger partial charge >= 0.3 is 0 Å². The van der Waals surface area contributed by atoms with Crippen LogP contribution in [-0.4, -0.2) is 139 Å². The molecule has 0 aromatic heterocycles. The van der Waals surface area contributed by atoms with Crippen molar-refractivity contribution in [1.82, 2.24) is 41.1 Å². The zero-order chi connectivity index (χ0) is 31.1. The third-order valence-corrected chi connectivity index (χ3v) is 12.3. The normalized spacial score (nSPS) is 42.6. The topological polar surface area (TPSA) is 121 Å². The fourth-order valence-corrected chi connectivity index (χ4v) is 9.83. The predicted octanol–water partition coefficient (Wildman–Crippen LogP) is 0.127. The Bertz CT molecular complexity index is 1030. The summed E-state index contributed by atoms with van der Waals surface area (Å²) in [6.07, 6.45) is 6.91. The molecule has 8 atom stereocenters. The van der Waals surface area contributed by atoms with E-state index in [4.69, 9.17) is 5.73 Å². The van der Waals surface area contributed by atoms with E-state index < -0.39 is 42.7 Å². The first kappa shape index (κ1) is 32.1. The van der Waals surface area contributed by atoms with Gasteiger partial charge in [0.2, 0.25) is 11.8 Å². The van der Waals surface area contributed by atoms with E-state index in [0.29, 0.717) is 38.5 Å². The zero-order valence-electron chi connectivity index (χ0n) is 26.7. The van der Waals surface area contributed by atoms with Crippen LogP contribution in [0.4, 0.5) is 8.78 Å². The molecule has 1 saturated carbocycles. The second kappa shape index (κ2) is 13.9. The molecule has 13 heteroatoms. The summed E-state index contributed by atoms with van der Waals surface area (Å²) >= 11 is 0. The molecule has 0 aromatic carbocycles. The molecule has 11 nitrogen and oxygen atoms in total. The van der Waals surface area contributed by atoms with E-state index in [2.05, 4.69) is 36.1 Å². The summed E-state index contributed by atoms with van der Waals surface area (Å²) in [4.78, 5) is 34.3. The van der Waals surface area contributed by atoms with Crippen LogP contribution < -0.4 is 27.1 Å². The second-order valence-electron chi connectivity index (χ2n) is 14.9. The van der Waals surface area contributed by atoms with Gasteiger partial charge in [0.05, 0.1) is 36.4 Å². The number of nitrogens with zero attached hydrogens (tertiary/aromatic N) is 4. The zero-order valence-corrected chi connectivity index (χ0v) is 26.7. The number of amides is 2. The first-order valence-electron chi connectivity index (χ1n) is 18.0. The molecule has 8 unspecified atom stereocenters. The Morgan fingerprint density at radius 1 is 0.778 bits per heavy atom. The highest BCUT2D eigenvalue weighted by Gasteiger charge is 2.53. The summed E-state index contributed by atoms with van der Waals surface area (Å²) in [7, 11) is 0. The third kappa shape index (κ3) is 6.51. The van der Waals surface area contributed by atoms with Gasteiger partial charge in [-0.2, -0.15) is 0 Å². The lowest BCUT2D eigenvalue weighted by Gasteiger charge is -2.46. The van der Waals surface area contributed by atoms with Crippen LogP contribution in [0.15, 0.2) is 0 Å². The molecule has 2 amide bonds. The molecule has 8 rings (SSSR count). The van der Waals surface area contributed by atoms with Crippen molar-refractivity contribution in [3.63, 3.8) is 0 Å². The highest BCUT2D eigenvalue weighted by molar-refractivity contribution is 5.81. The Hall–Kier alpha value is -1.48. The van der Waals surface area contributed by atoms with Crippen LogP contribution in [0.1, 0.15) is 64.2 Å². The summed E-state index contributed by atoms with van der Waals surface area (Å²) in [6, 6.07) is -0.857. The lowest BCUT2D eigenvalue weighted by molar-refractivity contribution is -0.139. The lowest BCUT2D eigenvalue weighted by Crippen LogP contribution is -2.68. The monoisotopic (exact) mass is 635 g/mol. The molecule has 2 bridgehead atoms. The number of alkyl halides is 2. The van der Waals surface area contributed by atoms with Crippen LogP contribution in [0.2, 0.25) is 0 Å². The molecule has 8 fully saturated rings. The van der Waals surface area contributed by atoms with Gasteiger partial charge in [-0.25, -0.2) is 19.2 Å². The Morgan fingerprint density at radius 3 is 2.22 bits per heavy atom. The Kier molecular flexibility index (Phi) is 9.94. The van der Waals surface area contributed by atoms with E-state index in [1.165, 1.54) is 12.8 Å². The molecule has 6 N–H and O–H groups in total. The maximum Gasteiger partial charge on any atom is 0.229 e. The van der Waals surface area contributed by atoms with Crippen LogP contribution in [0, 0.1) is 17.8 Å². The number of hydrazine groups is 1. The van der Waals surface area contributed by atoms with Gasteiger partial charge in [0, 0.05) is 57.8 Å². The fourth-order valence-electron chi connectivity index (χ4n) is 9.83. The van der Waals surface area contributed by atoms with Crippen molar-refractivity contribution in [3.8, 4) is 0 Å². The molecular formula is C32H55F2N9O2. The second-order valence-corrected chi connectivity index (χ2v) is 14.9. The summed E-state index contributed by atoms with van der Waals surface area (Å²) in [5, 5.41) is 11.5. The first-order valence-corrected chi connectivity index (χ1v) is 18.0. The van der Waals surface area contributed by atoms with Crippen molar-refractivity contribution < 1.29 is 18.4 Å². The molecule has 7 heterocycles. The molecular weight excluding hydrogens is 580 g/mol. The Labute approximate surface area is 266 Å². The third-order valence-electron chi connectivity index (χ3n) is 12.3. The van der Waals surface area contributed by atoms with E-state index in [9.17, 15) is 9.59 Å². The van der Waals surface area contributed by atoms with Crippen molar-refractivity contribution in [2.24, 2.45) is 23.5 Å². The summed E-state index contributed by atoms with van der Waals surface area (Å²) in [5.41, 5.74) is 9.81. The number of carbonyl (C=O) groups excluding carboxylic acids is 2. The highest BCUT2D eigenvalue weighted by Crippen LogP contribution is 2.36. The minimum atomic E-state index is -1.14. The number of likely N-dealkylation sites (tertiary alicyclic amines) is 1. The number of rotatable bonds is 5. The van der Waals surface area contributed by atoms with E-state index in [0.717, 1.165) is 64.7 Å². The SMILES string of the molecule is NC1NN2C(NCC(F)C2C2CCCCCC2)C1C(=O)NC1CNCC(F)C1N1CCC(C(=O)N2CCN3CCC2CC3)CC1. The lowest BCUT2D eigenvalue weighted by atomic mass is 9.86. The largest absolute Gasteiger partial charge is 0.350 e. The number of carbonyl (C=O) groups is 2. The molecule has 7 saturated heterocycles. The molecule has 0 spiro atoms. The highest BCUT2D eigenvalue weighted by atomic mass is 19.1. The summed E-state index contributed by atoms with van der Waals surface area (Å²) in [6.45, 7) is 6.14. The van der Waals surface area contributed by atoms with Gasteiger partial charge in [0.15, 0.2) is 0 Å². The number of fused-ring (bicyclic) bond motifs is 5. The average molecular weight is 636 g/mol. The van der Waals surface area contributed by atoms with E-state index in [1.54, 1.807) is 0 Å². The van der Waals surface area contributed by atoms with Crippen molar-refractivity contribution >= 4 is 11.8 Å².